The second-order valence-electron chi connectivity index (χ2n) is 3.87. The van der Waals surface area contributed by atoms with Crippen LogP contribution >= 0.6 is 0 Å². The Morgan fingerprint density at radius 2 is 1.89 bits per heavy atom. The SMILES string of the molecule is CCOC(C#N)c1ccc(OC)c2ccccc12. The van der Waals surface area contributed by atoms with E-state index in [0.29, 0.717) is 6.61 Å². The third kappa shape index (κ3) is 2.15. The minimum absolute atomic E-state index is 0.512. The van der Waals surface area contributed by atoms with Crippen molar-refractivity contribution in [3.05, 3.63) is 42.0 Å². The van der Waals surface area contributed by atoms with Gasteiger partial charge < -0.3 is 9.47 Å². The van der Waals surface area contributed by atoms with Crippen LogP contribution in [0.15, 0.2) is 36.4 Å². The molecule has 1 unspecified atom stereocenters. The van der Waals surface area contributed by atoms with Crippen LogP contribution in [0.1, 0.15) is 18.6 Å². The highest BCUT2D eigenvalue weighted by Gasteiger charge is 2.15. The van der Waals surface area contributed by atoms with Crippen molar-refractivity contribution in [2.24, 2.45) is 0 Å². The van der Waals surface area contributed by atoms with Gasteiger partial charge in [0.1, 0.15) is 5.75 Å². The lowest BCUT2D eigenvalue weighted by atomic mass is 10.00. The van der Waals surface area contributed by atoms with Crippen LogP contribution in [0.4, 0.5) is 0 Å². The molecule has 0 aliphatic carbocycles. The molecule has 0 N–H and O–H groups in total. The quantitative estimate of drug-likeness (QED) is 0.823. The molecule has 0 spiro atoms. The van der Waals surface area contributed by atoms with Gasteiger partial charge in [-0.05, 0) is 18.4 Å². The Labute approximate surface area is 107 Å². The van der Waals surface area contributed by atoms with Gasteiger partial charge in [0.15, 0.2) is 6.10 Å². The summed E-state index contributed by atoms with van der Waals surface area (Å²) >= 11 is 0. The van der Waals surface area contributed by atoms with Gasteiger partial charge in [-0.15, -0.1) is 0 Å². The predicted molar refractivity (Wildman–Crippen MR) is 70.5 cm³/mol. The zero-order chi connectivity index (χ0) is 13.0. The van der Waals surface area contributed by atoms with Gasteiger partial charge in [0.25, 0.3) is 0 Å². The lowest BCUT2D eigenvalue weighted by Crippen LogP contribution is -2.02. The first-order valence-corrected chi connectivity index (χ1v) is 5.88. The van der Waals surface area contributed by atoms with Gasteiger partial charge in [0.2, 0.25) is 0 Å². The summed E-state index contributed by atoms with van der Waals surface area (Å²) in [5, 5.41) is 11.2. The minimum Gasteiger partial charge on any atom is -0.496 e. The molecule has 0 bridgehead atoms. The Morgan fingerprint density at radius 1 is 1.17 bits per heavy atom. The van der Waals surface area contributed by atoms with Crippen molar-refractivity contribution in [2.75, 3.05) is 13.7 Å². The Kier molecular flexibility index (Phi) is 3.81. The van der Waals surface area contributed by atoms with Gasteiger partial charge in [-0.25, -0.2) is 0 Å². The second kappa shape index (κ2) is 5.52. The topological polar surface area (TPSA) is 42.2 Å². The van der Waals surface area contributed by atoms with Gasteiger partial charge in [-0.2, -0.15) is 5.26 Å². The summed E-state index contributed by atoms with van der Waals surface area (Å²) in [6, 6.07) is 13.8. The summed E-state index contributed by atoms with van der Waals surface area (Å²) < 4.78 is 10.8. The Hall–Kier alpha value is -2.05. The highest BCUT2D eigenvalue weighted by Crippen LogP contribution is 2.32. The number of rotatable bonds is 4. The van der Waals surface area contributed by atoms with E-state index >= 15 is 0 Å². The van der Waals surface area contributed by atoms with E-state index in [2.05, 4.69) is 6.07 Å². The third-order valence-electron chi connectivity index (χ3n) is 2.87. The maximum atomic E-state index is 9.19. The minimum atomic E-state index is -0.536. The fourth-order valence-electron chi connectivity index (χ4n) is 2.06. The van der Waals surface area contributed by atoms with Crippen LogP contribution in [0.25, 0.3) is 10.8 Å². The first-order valence-electron chi connectivity index (χ1n) is 5.88. The number of benzene rings is 2. The van der Waals surface area contributed by atoms with E-state index in [1.54, 1.807) is 7.11 Å². The number of nitrogens with zero attached hydrogens (tertiary/aromatic N) is 1. The van der Waals surface area contributed by atoms with Crippen LogP contribution < -0.4 is 4.74 Å². The molecular weight excluding hydrogens is 226 g/mol. The summed E-state index contributed by atoms with van der Waals surface area (Å²) in [5.74, 6) is 0.808. The molecule has 0 saturated carbocycles. The molecule has 2 aromatic carbocycles. The second-order valence-corrected chi connectivity index (χ2v) is 3.87. The number of ether oxygens (including phenoxy) is 2. The molecule has 1 atom stereocenters. The van der Waals surface area contributed by atoms with Gasteiger partial charge >= 0.3 is 0 Å². The average molecular weight is 241 g/mol. The van der Waals surface area contributed by atoms with Crippen molar-refractivity contribution in [1.29, 1.82) is 5.26 Å². The number of nitriles is 1. The lowest BCUT2D eigenvalue weighted by Gasteiger charge is -2.14. The summed E-state index contributed by atoms with van der Waals surface area (Å²) in [6.07, 6.45) is -0.536. The molecule has 18 heavy (non-hydrogen) atoms. The zero-order valence-electron chi connectivity index (χ0n) is 10.5. The normalized spacial score (nSPS) is 12.1. The zero-order valence-corrected chi connectivity index (χ0v) is 10.5. The first-order chi connectivity index (χ1) is 8.81. The van der Waals surface area contributed by atoms with Gasteiger partial charge in [0, 0.05) is 17.6 Å². The highest BCUT2D eigenvalue weighted by atomic mass is 16.5. The van der Waals surface area contributed by atoms with Crippen molar-refractivity contribution in [2.45, 2.75) is 13.0 Å². The molecule has 92 valence electrons. The number of fused-ring (bicyclic) bond motifs is 1. The lowest BCUT2D eigenvalue weighted by molar-refractivity contribution is 0.103. The fraction of sp³-hybridized carbons (Fsp3) is 0.267. The molecule has 0 heterocycles. The molecule has 0 radical (unpaired) electrons. The summed E-state index contributed by atoms with van der Waals surface area (Å²) in [6.45, 7) is 2.40. The smallest absolute Gasteiger partial charge is 0.169 e. The van der Waals surface area contributed by atoms with Crippen LogP contribution in [-0.4, -0.2) is 13.7 Å². The number of methoxy groups -OCH3 is 1. The largest absolute Gasteiger partial charge is 0.496 e. The maximum absolute atomic E-state index is 9.19. The Balaban J connectivity index is 2.62. The van der Waals surface area contributed by atoms with E-state index < -0.39 is 6.10 Å². The van der Waals surface area contributed by atoms with Crippen LogP contribution in [-0.2, 0) is 4.74 Å². The van der Waals surface area contributed by atoms with Gasteiger partial charge in [-0.3, -0.25) is 0 Å². The van der Waals surface area contributed by atoms with Crippen LogP contribution in [0.3, 0.4) is 0 Å². The van der Waals surface area contributed by atoms with Crippen LogP contribution in [0, 0.1) is 11.3 Å². The third-order valence-corrected chi connectivity index (χ3v) is 2.87. The molecule has 0 aliphatic rings. The average Bonchev–Trinajstić information content (AvgIpc) is 2.44. The van der Waals surface area contributed by atoms with Crippen molar-refractivity contribution in [3.63, 3.8) is 0 Å². The molecule has 3 nitrogen and oxygen atoms in total. The summed E-state index contributed by atoms with van der Waals surface area (Å²) in [4.78, 5) is 0. The maximum Gasteiger partial charge on any atom is 0.169 e. The molecular formula is C15H15NO2. The Bertz CT molecular complexity index is 587. The van der Waals surface area contributed by atoms with Crippen molar-refractivity contribution < 1.29 is 9.47 Å². The predicted octanol–water partition coefficient (Wildman–Crippen LogP) is 3.45. The Morgan fingerprint density at radius 3 is 2.50 bits per heavy atom. The van der Waals surface area contributed by atoms with E-state index in [4.69, 9.17) is 9.47 Å². The van der Waals surface area contributed by atoms with E-state index in [1.165, 1.54) is 0 Å². The molecule has 0 fully saturated rings. The molecule has 0 saturated heterocycles. The molecule has 2 rings (SSSR count). The summed E-state index contributed by atoms with van der Waals surface area (Å²) in [5.41, 5.74) is 0.885. The van der Waals surface area contributed by atoms with Gasteiger partial charge in [-0.1, -0.05) is 30.3 Å². The van der Waals surface area contributed by atoms with Crippen molar-refractivity contribution >= 4 is 10.8 Å². The van der Waals surface area contributed by atoms with Crippen molar-refractivity contribution in [1.82, 2.24) is 0 Å². The number of hydrogen-bond donors (Lipinski definition) is 0. The van der Waals surface area contributed by atoms with E-state index in [9.17, 15) is 5.26 Å². The van der Waals surface area contributed by atoms with Crippen LogP contribution in [0.2, 0.25) is 0 Å². The molecule has 0 aliphatic heterocycles. The van der Waals surface area contributed by atoms with Crippen molar-refractivity contribution in [3.8, 4) is 11.8 Å². The molecule has 0 amide bonds. The van der Waals surface area contributed by atoms with Gasteiger partial charge in [0.05, 0.1) is 13.2 Å². The monoisotopic (exact) mass is 241 g/mol. The number of hydrogen-bond acceptors (Lipinski definition) is 3. The first kappa shape index (κ1) is 12.4. The standard InChI is InChI=1S/C15H15NO2/c1-3-18-15(10-16)13-8-9-14(17-2)12-7-5-4-6-11(12)13/h4-9,15H,3H2,1-2H3. The fourth-order valence-corrected chi connectivity index (χ4v) is 2.06. The summed E-state index contributed by atoms with van der Waals surface area (Å²) in [7, 11) is 1.64. The highest BCUT2D eigenvalue weighted by molar-refractivity contribution is 5.91. The van der Waals surface area contributed by atoms with E-state index in [-0.39, 0.29) is 0 Å². The molecule has 0 aromatic heterocycles. The van der Waals surface area contributed by atoms with Crippen LogP contribution in [0.5, 0.6) is 5.75 Å². The van der Waals surface area contributed by atoms with E-state index in [0.717, 1.165) is 22.1 Å². The molecule has 2 aromatic rings. The molecule has 3 heteroatoms. The van der Waals surface area contributed by atoms with E-state index in [1.807, 2.05) is 43.3 Å².